The van der Waals surface area contributed by atoms with E-state index >= 15 is 0 Å². The zero-order valence-corrected chi connectivity index (χ0v) is 14.7. The molecule has 1 aromatic carbocycles. The maximum atomic E-state index is 12.1. The number of carbonyl (C=O) groups excluding carboxylic acids is 2. The number of rotatable bonds is 9. The van der Waals surface area contributed by atoms with E-state index in [0.717, 1.165) is 5.56 Å². The molecule has 0 aliphatic carbocycles. The summed E-state index contributed by atoms with van der Waals surface area (Å²) < 4.78 is 5.03. The Morgan fingerprint density at radius 3 is 2.48 bits per heavy atom. The summed E-state index contributed by atoms with van der Waals surface area (Å²) in [6.07, 6.45) is 0.349. The van der Waals surface area contributed by atoms with Crippen LogP contribution in [0.25, 0.3) is 0 Å². The summed E-state index contributed by atoms with van der Waals surface area (Å²) in [5.74, 6) is -0.701. The van der Waals surface area contributed by atoms with Crippen molar-refractivity contribution in [2.24, 2.45) is 0 Å². The lowest BCUT2D eigenvalue weighted by Gasteiger charge is -2.17. The summed E-state index contributed by atoms with van der Waals surface area (Å²) in [5, 5.41) is 25.2. The summed E-state index contributed by atoms with van der Waals surface area (Å²) in [7, 11) is -0.121. The first-order valence-electron chi connectivity index (χ1n) is 7.83. The van der Waals surface area contributed by atoms with Crippen molar-refractivity contribution in [3.05, 3.63) is 52.2 Å². The molecule has 0 fully saturated rings. The standard InChI is InChI=1S/C17H20BNO5S/c1-24-14-4-2-13(3-5-14)15(20)6-7-17(21)19-16(18(22)23)10-12-8-9-25-11-12/h2-5,8-9,11,16,22-23H,6-7,10H2,1H3,(H,19,21). The highest BCUT2D eigenvalue weighted by Gasteiger charge is 2.25. The van der Waals surface area contributed by atoms with Crippen LogP contribution in [0, 0.1) is 0 Å². The molecule has 0 saturated heterocycles. The van der Waals surface area contributed by atoms with Gasteiger partial charge >= 0.3 is 7.12 Å². The Kier molecular flexibility index (Phi) is 7.18. The lowest BCUT2D eigenvalue weighted by Crippen LogP contribution is -2.47. The Labute approximate surface area is 150 Å². The number of carbonyl (C=O) groups is 2. The maximum Gasteiger partial charge on any atom is 0.475 e. The molecule has 2 aromatic rings. The highest BCUT2D eigenvalue weighted by Crippen LogP contribution is 2.14. The van der Waals surface area contributed by atoms with E-state index in [9.17, 15) is 19.6 Å². The van der Waals surface area contributed by atoms with E-state index in [1.165, 1.54) is 11.3 Å². The zero-order valence-electron chi connectivity index (χ0n) is 13.8. The molecule has 0 spiro atoms. The first-order chi connectivity index (χ1) is 12.0. The van der Waals surface area contributed by atoms with Gasteiger partial charge in [0, 0.05) is 18.4 Å². The first kappa shape index (κ1) is 19.2. The lowest BCUT2D eigenvalue weighted by atomic mass is 9.76. The fourth-order valence-electron chi connectivity index (χ4n) is 2.32. The van der Waals surface area contributed by atoms with Crippen molar-refractivity contribution < 1.29 is 24.4 Å². The minimum Gasteiger partial charge on any atom is -0.497 e. The molecule has 1 unspecified atom stereocenters. The van der Waals surface area contributed by atoms with Gasteiger partial charge in [-0.1, -0.05) is 0 Å². The summed E-state index contributed by atoms with van der Waals surface area (Å²) in [5.41, 5.74) is 1.42. The van der Waals surface area contributed by atoms with Crippen molar-refractivity contribution in [2.45, 2.75) is 25.2 Å². The highest BCUT2D eigenvalue weighted by molar-refractivity contribution is 7.07. The van der Waals surface area contributed by atoms with Crippen LogP contribution in [0.4, 0.5) is 0 Å². The van der Waals surface area contributed by atoms with E-state index < -0.39 is 19.0 Å². The van der Waals surface area contributed by atoms with Crippen LogP contribution in [-0.4, -0.2) is 41.9 Å². The highest BCUT2D eigenvalue weighted by atomic mass is 32.1. The molecule has 8 heteroatoms. The van der Waals surface area contributed by atoms with Crippen LogP contribution in [0.3, 0.4) is 0 Å². The molecule has 6 nitrogen and oxygen atoms in total. The predicted molar refractivity (Wildman–Crippen MR) is 96.7 cm³/mol. The number of thiophene rings is 1. The minimum atomic E-state index is -1.67. The van der Waals surface area contributed by atoms with Crippen molar-refractivity contribution in [1.29, 1.82) is 0 Å². The summed E-state index contributed by atoms with van der Waals surface area (Å²) in [6, 6.07) is 8.53. The Bertz CT molecular complexity index is 688. The average molecular weight is 361 g/mol. The van der Waals surface area contributed by atoms with E-state index in [4.69, 9.17) is 4.74 Å². The molecule has 2 rings (SSSR count). The molecule has 1 atom stereocenters. The van der Waals surface area contributed by atoms with Gasteiger partial charge in [0.1, 0.15) is 5.75 Å². The molecule has 132 valence electrons. The second kappa shape index (κ2) is 9.36. The van der Waals surface area contributed by atoms with Crippen molar-refractivity contribution in [2.75, 3.05) is 7.11 Å². The third kappa shape index (κ3) is 6.01. The Morgan fingerprint density at radius 2 is 1.92 bits per heavy atom. The Balaban J connectivity index is 1.84. The average Bonchev–Trinajstić information content (AvgIpc) is 3.12. The quantitative estimate of drug-likeness (QED) is 0.464. The number of amides is 1. The van der Waals surface area contributed by atoms with Gasteiger partial charge in [-0.3, -0.25) is 9.59 Å². The number of ether oxygens (including phenoxy) is 1. The maximum absolute atomic E-state index is 12.1. The van der Waals surface area contributed by atoms with Gasteiger partial charge in [-0.25, -0.2) is 0 Å². The smallest absolute Gasteiger partial charge is 0.475 e. The van der Waals surface area contributed by atoms with E-state index in [1.54, 1.807) is 31.4 Å². The van der Waals surface area contributed by atoms with E-state index in [0.29, 0.717) is 17.7 Å². The molecule has 0 bridgehead atoms. The summed E-state index contributed by atoms with van der Waals surface area (Å²) in [4.78, 5) is 24.1. The molecular formula is C17H20BNO5S. The van der Waals surface area contributed by atoms with Gasteiger partial charge in [-0.05, 0) is 53.1 Å². The van der Waals surface area contributed by atoms with Crippen molar-refractivity contribution in [3.63, 3.8) is 0 Å². The lowest BCUT2D eigenvalue weighted by molar-refractivity contribution is -0.121. The summed E-state index contributed by atoms with van der Waals surface area (Å²) in [6.45, 7) is 0. The fourth-order valence-corrected chi connectivity index (χ4v) is 3.00. The van der Waals surface area contributed by atoms with Crippen LogP contribution in [-0.2, 0) is 11.2 Å². The van der Waals surface area contributed by atoms with Gasteiger partial charge in [-0.2, -0.15) is 11.3 Å². The van der Waals surface area contributed by atoms with E-state index in [1.807, 2.05) is 16.8 Å². The van der Waals surface area contributed by atoms with Gasteiger partial charge in [0.25, 0.3) is 0 Å². The van der Waals surface area contributed by atoms with Gasteiger partial charge in [0.2, 0.25) is 5.91 Å². The van der Waals surface area contributed by atoms with Gasteiger partial charge in [0.15, 0.2) is 5.78 Å². The topological polar surface area (TPSA) is 95.9 Å². The number of hydrogen-bond acceptors (Lipinski definition) is 6. The zero-order chi connectivity index (χ0) is 18.2. The van der Waals surface area contributed by atoms with E-state index in [-0.39, 0.29) is 18.6 Å². The van der Waals surface area contributed by atoms with E-state index in [2.05, 4.69) is 5.32 Å². The number of benzene rings is 1. The third-order valence-electron chi connectivity index (χ3n) is 3.73. The molecular weight excluding hydrogens is 341 g/mol. The largest absolute Gasteiger partial charge is 0.497 e. The SMILES string of the molecule is COc1ccc(C(=O)CCC(=O)NC(Cc2ccsc2)B(O)O)cc1. The number of hydrogen-bond donors (Lipinski definition) is 3. The molecule has 25 heavy (non-hydrogen) atoms. The number of methoxy groups -OCH3 is 1. The fraction of sp³-hybridized carbons (Fsp3) is 0.294. The van der Waals surface area contributed by atoms with Crippen LogP contribution >= 0.6 is 11.3 Å². The molecule has 1 aromatic heterocycles. The van der Waals surface area contributed by atoms with Gasteiger partial charge in [-0.15, -0.1) is 0 Å². The van der Waals surface area contributed by atoms with Crippen LogP contribution in [0.5, 0.6) is 5.75 Å². The van der Waals surface area contributed by atoms with Crippen LogP contribution in [0.2, 0.25) is 0 Å². The molecule has 0 saturated carbocycles. The van der Waals surface area contributed by atoms with Crippen molar-refractivity contribution >= 4 is 30.1 Å². The van der Waals surface area contributed by atoms with Gasteiger partial charge in [0.05, 0.1) is 13.1 Å². The Hall–Kier alpha value is -2.16. The van der Waals surface area contributed by atoms with Gasteiger partial charge < -0.3 is 20.1 Å². The molecule has 3 N–H and O–H groups in total. The van der Waals surface area contributed by atoms with Crippen LogP contribution in [0.15, 0.2) is 41.1 Å². The Morgan fingerprint density at radius 1 is 1.20 bits per heavy atom. The van der Waals surface area contributed by atoms with Crippen LogP contribution < -0.4 is 10.1 Å². The number of nitrogens with one attached hydrogen (secondary N) is 1. The normalized spacial score (nSPS) is 11.6. The minimum absolute atomic E-state index is 0.0162. The second-order valence-electron chi connectivity index (χ2n) is 5.58. The molecule has 0 radical (unpaired) electrons. The molecule has 0 aliphatic rings. The predicted octanol–water partition coefficient (Wildman–Crippen LogP) is 1.46. The van der Waals surface area contributed by atoms with Crippen molar-refractivity contribution in [1.82, 2.24) is 5.32 Å². The monoisotopic (exact) mass is 361 g/mol. The first-order valence-corrected chi connectivity index (χ1v) is 8.77. The number of ketones is 1. The molecule has 1 heterocycles. The summed E-state index contributed by atoms with van der Waals surface area (Å²) >= 11 is 1.50. The molecule has 1 amide bonds. The molecule has 0 aliphatic heterocycles. The third-order valence-corrected chi connectivity index (χ3v) is 4.47. The van der Waals surface area contributed by atoms with Crippen LogP contribution in [0.1, 0.15) is 28.8 Å². The van der Waals surface area contributed by atoms with Crippen molar-refractivity contribution in [3.8, 4) is 5.75 Å². The number of Topliss-reactive ketones (excluding diaryl/α,β-unsaturated/α-hetero) is 1. The second-order valence-corrected chi connectivity index (χ2v) is 6.36.